The van der Waals surface area contributed by atoms with E-state index in [0.717, 1.165) is 5.33 Å². The van der Waals surface area contributed by atoms with Gasteiger partial charge in [0.15, 0.2) is 0 Å². The van der Waals surface area contributed by atoms with Crippen LogP contribution in [0.5, 0.6) is 0 Å². The van der Waals surface area contributed by atoms with Crippen molar-refractivity contribution in [3.05, 3.63) is 0 Å². The van der Waals surface area contributed by atoms with E-state index < -0.39 is 0 Å². The van der Waals surface area contributed by atoms with Gasteiger partial charge >= 0.3 is 0 Å². The lowest BCUT2D eigenvalue weighted by molar-refractivity contribution is 0.401. The molecular weight excluding hydrogens is 624 g/mol. The van der Waals surface area contributed by atoms with Gasteiger partial charge in [-0.15, -0.1) is 0 Å². The predicted octanol–water partition coefficient (Wildman–Crippen LogP) is 7.83. The second-order valence-corrected chi connectivity index (χ2v) is 14.7. The van der Waals surface area contributed by atoms with Crippen molar-refractivity contribution >= 4 is 95.6 Å². The topological polar surface area (TPSA) is 0 Å². The van der Waals surface area contributed by atoms with Gasteiger partial charge in [-0.2, -0.15) is 0 Å². The van der Waals surface area contributed by atoms with Crippen LogP contribution in [-0.4, -0.2) is 17.1 Å². The van der Waals surface area contributed by atoms with E-state index in [1.165, 1.54) is 0 Å². The summed E-state index contributed by atoms with van der Waals surface area (Å²) in [6, 6.07) is 0. The first-order valence-corrected chi connectivity index (χ1v) is 11.0. The maximum absolute atomic E-state index is 3.57. The van der Waals surface area contributed by atoms with E-state index in [9.17, 15) is 0 Å². The maximum Gasteiger partial charge on any atom is 0.0949 e. The molecule has 0 aliphatic rings. The quantitative estimate of drug-likeness (QED) is 0.269. The number of hydrogen-bond acceptors (Lipinski definition) is 0. The van der Waals surface area contributed by atoms with Gasteiger partial charge < -0.3 is 0 Å². The zero-order valence-corrected chi connectivity index (χ0v) is 21.1. The van der Waals surface area contributed by atoms with Crippen LogP contribution in [0, 0.1) is 10.8 Å². The van der Waals surface area contributed by atoms with Crippen LogP contribution in [0.4, 0.5) is 0 Å². The fraction of sp³-hybridized carbons (Fsp3) is 1.00. The third-order valence-electron chi connectivity index (χ3n) is 2.31. The maximum atomic E-state index is 3.57. The summed E-state index contributed by atoms with van der Waals surface area (Å²) in [5.74, 6) is 0. The van der Waals surface area contributed by atoms with Crippen LogP contribution in [0.1, 0.15) is 41.5 Å². The van der Waals surface area contributed by atoms with Crippen LogP contribution in [-0.2, 0) is 0 Å². The van der Waals surface area contributed by atoms with Crippen LogP contribution in [0.25, 0.3) is 0 Å². The third-order valence-corrected chi connectivity index (χ3v) is 12.0. The fourth-order valence-corrected chi connectivity index (χ4v) is 3.01. The van der Waals surface area contributed by atoms with E-state index in [1.54, 1.807) is 0 Å². The molecule has 0 nitrogen and oxygen atoms in total. The molecule has 0 aromatic heterocycles. The van der Waals surface area contributed by atoms with Crippen molar-refractivity contribution in [1.82, 2.24) is 0 Å². The second-order valence-electron chi connectivity index (χ2n) is 6.19. The SMILES string of the molecule is CC(C)(C)C(Br)(Br)CBr.CC(C)(C)C(Br)C(Br)Br. The molecule has 0 heterocycles. The predicted molar refractivity (Wildman–Crippen MR) is 108 cm³/mol. The lowest BCUT2D eigenvalue weighted by Crippen LogP contribution is -2.31. The molecule has 0 bridgehead atoms. The second kappa shape index (κ2) is 9.12. The van der Waals surface area contributed by atoms with Gasteiger partial charge in [-0.05, 0) is 10.8 Å². The number of alkyl halides is 6. The summed E-state index contributed by atoms with van der Waals surface area (Å²) in [4.78, 5) is 0.463. The lowest BCUT2D eigenvalue weighted by Gasteiger charge is -2.32. The lowest BCUT2D eigenvalue weighted by atomic mass is 9.93. The summed E-state index contributed by atoms with van der Waals surface area (Å²) in [6.45, 7) is 13.1. The largest absolute Gasteiger partial charge is 0.0949 e. The number of halogens is 6. The van der Waals surface area contributed by atoms with Crippen molar-refractivity contribution in [2.75, 3.05) is 5.33 Å². The molecule has 0 saturated heterocycles. The molecule has 0 aromatic rings. The minimum atomic E-state index is 0.0208. The normalized spacial score (nSPS) is 15.2. The van der Waals surface area contributed by atoms with Gasteiger partial charge in [0.2, 0.25) is 0 Å². The molecule has 0 fully saturated rings. The van der Waals surface area contributed by atoms with Crippen molar-refractivity contribution in [1.29, 1.82) is 0 Å². The first kappa shape index (κ1) is 23.2. The van der Waals surface area contributed by atoms with Crippen LogP contribution in [0.3, 0.4) is 0 Å². The molecule has 0 N–H and O–H groups in total. The van der Waals surface area contributed by atoms with Gasteiger partial charge in [0.25, 0.3) is 0 Å². The zero-order valence-electron chi connectivity index (χ0n) is 11.6. The van der Waals surface area contributed by atoms with Crippen molar-refractivity contribution in [2.45, 2.75) is 53.3 Å². The Bertz CT molecular complexity index is 224. The standard InChI is InChI=1S/2C6H11Br3/c1-6(2,3)4(7)5(8)9;1-5(2,3)6(8,9)4-7/h4-5H,1-3H3;4H2,1-3H3. The van der Waals surface area contributed by atoms with Crippen LogP contribution < -0.4 is 0 Å². The van der Waals surface area contributed by atoms with E-state index in [1.807, 2.05) is 0 Å². The van der Waals surface area contributed by atoms with E-state index in [-0.39, 0.29) is 8.65 Å². The Balaban J connectivity index is 0. The van der Waals surface area contributed by atoms with Crippen molar-refractivity contribution < 1.29 is 0 Å². The highest BCUT2D eigenvalue weighted by molar-refractivity contribution is 9.26. The summed E-state index contributed by atoms with van der Waals surface area (Å²) in [7, 11) is 0. The summed E-state index contributed by atoms with van der Waals surface area (Å²) >= 11 is 21.0. The third kappa shape index (κ3) is 9.75. The van der Waals surface area contributed by atoms with Crippen molar-refractivity contribution in [3.8, 4) is 0 Å². The molecule has 0 radical (unpaired) electrons. The van der Waals surface area contributed by atoms with Crippen molar-refractivity contribution in [3.63, 3.8) is 0 Å². The Morgan fingerprint density at radius 2 is 1.17 bits per heavy atom. The zero-order chi connectivity index (χ0) is 15.4. The summed E-state index contributed by atoms with van der Waals surface area (Å²) in [5, 5.41) is 0.906. The average molecular weight is 646 g/mol. The number of rotatable bonds is 2. The van der Waals surface area contributed by atoms with E-state index in [4.69, 9.17) is 0 Å². The van der Waals surface area contributed by atoms with Gasteiger partial charge in [0, 0.05) is 10.2 Å². The molecule has 0 amide bonds. The molecule has 0 aliphatic carbocycles. The molecule has 112 valence electrons. The molecule has 6 heteroatoms. The molecule has 1 unspecified atom stereocenters. The van der Waals surface area contributed by atoms with Crippen LogP contribution >= 0.6 is 95.6 Å². The smallest absolute Gasteiger partial charge is 0.0903 e. The minimum absolute atomic E-state index is 0.0208. The Kier molecular flexibility index (Phi) is 11.7. The Labute approximate surface area is 163 Å². The van der Waals surface area contributed by atoms with E-state index in [0.29, 0.717) is 14.0 Å². The minimum Gasteiger partial charge on any atom is -0.0903 e. The average Bonchev–Trinajstić information content (AvgIpc) is 2.14. The highest BCUT2D eigenvalue weighted by Crippen LogP contribution is 2.44. The molecule has 0 aliphatic heterocycles. The first-order valence-electron chi connectivity index (χ1n) is 5.53. The molecule has 1 atom stereocenters. The van der Waals surface area contributed by atoms with Gasteiger partial charge in [0.1, 0.15) is 0 Å². The molecule has 0 spiro atoms. The Morgan fingerprint density at radius 1 is 0.833 bits per heavy atom. The van der Waals surface area contributed by atoms with Gasteiger partial charge in [-0.3, -0.25) is 0 Å². The first-order chi connectivity index (χ1) is 7.66. The molecular formula is C12H22Br6. The van der Waals surface area contributed by atoms with Crippen LogP contribution in [0.2, 0.25) is 0 Å². The highest BCUT2D eigenvalue weighted by atomic mass is 79.9. The number of hydrogen-bond donors (Lipinski definition) is 0. The van der Waals surface area contributed by atoms with E-state index >= 15 is 0 Å². The highest BCUT2D eigenvalue weighted by Gasteiger charge is 2.35. The molecule has 0 saturated carbocycles. The van der Waals surface area contributed by atoms with Crippen molar-refractivity contribution in [2.24, 2.45) is 10.8 Å². The van der Waals surface area contributed by atoms with Crippen LogP contribution in [0.15, 0.2) is 0 Å². The van der Waals surface area contributed by atoms with E-state index in [2.05, 4.69) is 137 Å². The fourth-order valence-electron chi connectivity index (χ4n) is 0.578. The van der Waals surface area contributed by atoms with Gasteiger partial charge in [-0.1, -0.05) is 137 Å². The molecule has 0 aromatic carbocycles. The van der Waals surface area contributed by atoms with Gasteiger partial charge in [-0.25, -0.2) is 0 Å². The Hall–Kier alpha value is 2.88. The summed E-state index contributed by atoms with van der Waals surface area (Å²) in [5.41, 5.74) is 0.536. The Morgan fingerprint density at radius 3 is 1.17 bits per heavy atom. The summed E-state index contributed by atoms with van der Waals surface area (Å²) < 4.78 is 0.373. The summed E-state index contributed by atoms with van der Waals surface area (Å²) in [6.07, 6.45) is 0. The molecule has 18 heavy (non-hydrogen) atoms. The molecule has 0 rings (SSSR count). The monoisotopic (exact) mass is 640 g/mol. The van der Waals surface area contributed by atoms with Gasteiger partial charge in [0.05, 0.1) is 6.97 Å².